The van der Waals surface area contributed by atoms with Crippen LogP contribution in [0.2, 0.25) is 0 Å². The number of sulfonamides is 1. The fraction of sp³-hybridized carbons (Fsp3) is 0.118. The van der Waals surface area contributed by atoms with E-state index in [2.05, 4.69) is 0 Å². The number of carbonyl (C=O) groups is 2. The van der Waals surface area contributed by atoms with Crippen LogP contribution in [0.3, 0.4) is 0 Å². The van der Waals surface area contributed by atoms with Crippen LogP contribution in [0.4, 0.5) is 0 Å². The number of hydrogen-bond acceptors (Lipinski definition) is 8. The fourth-order valence-electron chi connectivity index (χ4n) is 1.88. The van der Waals surface area contributed by atoms with Crippen LogP contribution in [0.5, 0.6) is 5.75 Å². The number of rotatable bonds is 7. The first-order valence-corrected chi connectivity index (χ1v) is 11.4. The Labute approximate surface area is 178 Å². The summed E-state index contributed by atoms with van der Waals surface area (Å²) in [5.74, 6) is -1.90. The van der Waals surface area contributed by atoms with E-state index in [0.717, 1.165) is 0 Å². The molecule has 2 aromatic carbocycles. The van der Waals surface area contributed by atoms with Gasteiger partial charge in [0.2, 0.25) is 10.0 Å². The third kappa shape index (κ3) is 9.81. The molecule has 0 radical (unpaired) electrons. The van der Waals surface area contributed by atoms with Gasteiger partial charge in [0.1, 0.15) is 18.1 Å². The van der Waals surface area contributed by atoms with Gasteiger partial charge in [-0.1, -0.05) is 0 Å². The molecule has 0 atom stereocenters. The molecule has 2 rings (SSSR count). The summed E-state index contributed by atoms with van der Waals surface area (Å²) in [6, 6.07) is 10.8. The minimum Gasteiger partial charge on any atom is -0.480 e. The minimum atomic E-state index is -3.98. The highest BCUT2D eigenvalue weighted by Crippen LogP contribution is 2.16. The summed E-state index contributed by atoms with van der Waals surface area (Å²) in [6.07, 6.45) is 0.715. The van der Waals surface area contributed by atoms with Crippen LogP contribution in [0.15, 0.2) is 53.4 Å². The summed E-state index contributed by atoms with van der Waals surface area (Å²) >= 11 is 0. The normalized spacial score (nSPS) is 11.0. The van der Waals surface area contributed by atoms with Crippen molar-refractivity contribution in [2.75, 3.05) is 12.8 Å². The second-order valence-corrected chi connectivity index (χ2v) is 9.04. The molecular weight excluding hydrogens is 454 g/mol. The number of nitrogen functional groups attached to an aromatic ring is 1. The van der Waals surface area contributed by atoms with Gasteiger partial charge in [-0.05, 0) is 48.5 Å². The van der Waals surface area contributed by atoms with Crippen molar-refractivity contribution >= 4 is 37.9 Å². The van der Waals surface area contributed by atoms with E-state index in [-0.39, 0.29) is 22.0 Å². The van der Waals surface area contributed by atoms with Crippen LogP contribution >= 0.6 is 0 Å². The van der Waals surface area contributed by atoms with Crippen LogP contribution in [0.25, 0.3) is 0 Å². The number of aliphatic carboxylic acids is 1. The van der Waals surface area contributed by atoms with Crippen LogP contribution in [0, 0.1) is 5.41 Å². The summed E-state index contributed by atoms with van der Waals surface area (Å²) in [4.78, 5) is 22.3. The zero-order valence-corrected chi connectivity index (χ0v) is 17.6. The second-order valence-electron chi connectivity index (χ2n) is 5.80. The second kappa shape index (κ2) is 10.6. The topological polar surface area (TPSA) is 214 Å². The average Bonchev–Trinajstić information content (AvgIpc) is 2.65. The quantitative estimate of drug-likeness (QED) is 0.120. The minimum absolute atomic E-state index is 0.109. The van der Waals surface area contributed by atoms with Crippen molar-refractivity contribution in [3.05, 3.63) is 59.7 Å². The molecule has 0 unspecified atom stereocenters. The molecule has 0 saturated heterocycles. The molecule has 0 bridgehead atoms. The predicted molar refractivity (Wildman–Crippen MR) is 109 cm³/mol. The molecule has 2 aromatic rings. The van der Waals surface area contributed by atoms with Crippen molar-refractivity contribution in [2.24, 2.45) is 5.73 Å². The van der Waals surface area contributed by atoms with E-state index < -0.39 is 38.6 Å². The Balaban J connectivity index is 0.000000861. The zero-order chi connectivity index (χ0) is 23.8. The number of hydrogen-bond donors (Lipinski definition) is 5. The number of carboxylic acids is 1. The van der Waals surface area contributed by atoms with Crippen LogP contribution in [0.1, 0.15) is 15.9 Å². The molecule has 6 N–H and O–H groups in total. The standard InChI is InChI=1S/C16H15N3O6S.CH4O3S/c17-15(18)10-1-5-12(6-2-10)25-16(22)11-3-7-13(8-4-11)26(23,24)19-9-14(20)21;1-5(2,3)4/h1-8,19H,9H2,(H3,17,18)(H,20,21);1H3,(H,2,3,4). The molecule has 0 amide bonds. The van der Waals surface area contributed by atoms with Gasteiger partial charge >= 0.3 is 11.9 Å². The van der Waals surface area contributed by atoms with Crippen LogP contribution in [-0.4, -0.2) is 57.1 Å². The lowest BCUT2D eigenvalue weighted by molar-refractivity contribution is -0.135. The van der Waals surface area contributed by atoms with E-state index >= 15 is 0 Å². The van der Waals surface area contributed by atoms with E-state index in [1.807, 2.05) is 4.72 Å². The first-order valence-electron chi connectivity index (χ1n) is 8.09. The predicted octanol–water partition coefficient (Wildman–Crippen LogP) is 0.0568. The molecular formula is C17H19N3O9S2. The maximum absolute atomic E-state index is 12.1. The van der Waals surface area contributed by atoms with Gasteiger partial charge in [-0.2, -0.15) is 13.1 Å². The van der Waals surface area contributed by atoms with Gasteiger partial charge in [0.15, 0.2) is 0 Å². The number of benzene rings is 2. The van der Waals surface area contributed by atoms with Gasteiger partial charge in [-0.25, -0.2) is 13.2 Å². The third-order valence-corrected chi connectivity index (χ3v) is 4.61. The molecule has 31 heavy (non-hydrogen) atoms. The first kappa shape index (κ1) is 25.7. The van der Waals surface area contributed by atoms with Gasteiger partial charge in [0.05, 0.1) is 16.7 Å². The largest absolute Gasteiger partial charge is 0.480 e. The molecule has 0 spiro atoms. The molecule has 0 aliphatic heterocycles. The van der Waals surface area contributed by atoms with Crippen molar-refractivity contribution in [1.29, 1.82) is 5.41 Å². The zero-order valence-electron chi connectivity index (χ0n) is 16.0. The lowest BCUT2D eigenvalue weighted by atomic mass is 10.2. The Kier molecular flexibility index (Phi) is 8.81. The summed E-state index contributed by atoms with van der Waals surface area (Å²) in [5.41, 5.74) is 5.92. The van der Waals surface area contributed by atoms with Crippen LogP contribution < -0.4 is 15.2 Å². The Morgan fingerprint density at radius 1 is 1.00 bits per heavy atom. The highest BCUT2D eigenvalue weighted by Gasteiger charge is 2.16. The highest BCUT2D eigenvalue weighted by molar-refractivity contribution is 7.89. The molecule has 0 heterocycles. The third-order valence-electron chi connectivity index (χ3n) is 3.19. The molecule has 0 aromatic heterocycles. The molecule has 12 nitrogen and oxygen atoms in total. The Morgan fingerprint density at radius 2 is 1.45 bits per heavy atom. The molecule has 0 aliphatic rings. The van der Waals surface area contributed by atoms with Gasteiger partial charge in [0.25, 0.3) is 10.1 Å². The van der Waals surface area contributed by atoms with Crippen molar-refractivity contribution in [3.8, 4) is 5.75 Å². The monoisotopic (exact) mass is 473 g/mol. The molecule has 0 saturated carbocycles. The van der Waals surface area contributed by atoms with Crippen LogP contribution in [-0.2, 0) is 24.9 Å². The number of carbonyl (C=O) groups excluding carboxylic acids is 1. The number of nitrogens with two attached hydrogens (primary N) is 1. The molecule has 0 aliphatic carbocycles. The molecule has 14 heteroatoms. The van der Waals surface area contributed by atoms with Crippen molar-refractivity contribution in [1.82, 2.24) is 4.72 Å². The van der Waals surface area contributed by atoms with Gasteiger partial charge < -0.3 is 15.6 Å². The summed E-state index contributed by atoms with van der Waals surface area (Å²) in [7, 11) is -7.65. The Bertz CT molecular complexity index is 1150. The summed E-state index contributed by atoms with van der Waals surface area (Å²) < 4.78 is 56.7. The maximum Gasteiger partial charge on any atom is 0.343 e. The van der Waals surface area contributed by atoms with Crippen molar-refractivity contribution in [3.63, 3.8) is 0 Å². The average molecular weight is 473 g/mol. The number of esters is 1. The summed E-state index contributed by atoms with van der Waals surface area (Å²) in [5, 5.41) is 15.8. The van der Waals surface area contributed by atoms with Gasteiger partial charge in [0, 0.05) is 5.56 Å². The number of carboxylic acid groups (broad SMARTS) is 1. The van der Waals surface area contributed by atoms with Crippen molar-refractivity contribution < 1.29 is 40.8 Å². The smallest absolute Gasteiger partial charge is 0.343 e. The van der Waals surface area contributed by atoms with E-state index in [1.54, 1.807) is 0 Å². The first-order chi connectivity index (χ1) is 14.2. The number of nitrogens with one attached hydrogen (secondary N) is 2. The van der Waals surface area contributed by atoms with Crippen molar-refractivity contribution in [2.45, 2.75) is 4.90 Å². The highest BCUT2D eigenvalue weighted by atomic mass is 32.2. The van der Waals surface area contributed by atoms with Gasteiger partial charge in [-0.15, -0.1) is 0 Å². The molecule has 168 valence electrons. The summed E-state index contributed by atoms with van der Waals surface area (Å²) in [6.45, 7) is -0.748. The number of ether oxygens (including phenoxy) is 1. The SMILES string of the molecule is CS(=O)(=O)O.N=C(N)c1ccc(OC(=O)c2ccc(S(=O)(=O)NCC(=O)O)cc2)cc1. The lowest BCUT2D eigenvalue weighted by Crippen LogP contribution is -2.29. The lowest BCUT2D eigenvalue weighted by Gasteiger charge is -2.07. The maximum atomic E-state index is 12.1. The van der Waals surface area contributed by atoms with E-state index in [0.29, 0.717) is 11.8 Å². The number of amidine groups is 1. The fourth-order valence-corrected chi connectivity index (χ4v) is 2.85. The van der Waals surface area contributed by atoms with Gasteiger partial charge in [-0.3, -0.25) is 14.8 Å². The van der Waals surface area contributed by atoms with E-state index in [1.165, 1.54) is 48.5 Å². The van der Waals surface area contributed by atoms with E-state index in [9.17, 15) is 26.4 Å². The Hall–Kier alpha value is -3.33. The molecule has 0 fully saturated rings. The van der Waals surface area contributed by atoms with E-state index in [4.69, 9.17) is 25.5 Å². The Morgan fingerprint density at radius 3 is 1.87 bits per heavy atom.